The van der Waals surface area contributed by atoms with Crippen LogP contribution in [-0.2, 0) is 4.79 Å². The van der Waals surface area contributed by atoms with E-state index in [1.54, 1.807) is 17.4 Å². The Morgan fingerprint density at radius 2 is 2.08 bits per heavy atom. The third-order valence-electron chi connectivity index (χ3n) is 3.30. The average molecular weight is 351 g/mol. The molecule has 6 heteroatoms. The predicted octanol–water partition coefficient (Wildman–Crippen LogP) is 4.73. The number of thiazole rings is 1. The zero-order valence-electron chi connectivity index (χ0n) is 12.8. The number of nitrogens with one attached hydrogen (secondary N) is 1. The van der Waals surface area contributed by atoms with Crippen molar-refractivity contribution in [2.45, 2.75) is 6.92 Å². The molecule has 1 aromatic carbocycles. The molecule has 1 N–H and O–H groups in total. The molecule has 0 atom stereocenters. The van der Waals surface area contributed by atoms with E-state index in [-0.39, 0.29) is 5.57 Å². The van der Waals surface area contributed by atoms with E-state index in [2.05, 4.69) is 10.3 Å². The minimum atomic E-state index is -0.433. The molecule has 0 fully saturated rings. The van der Waals surface area contributed by atoms with Gasteiger partial charge in [0.1, 0.15) is 16.6 Å². The smallest absolute Gasteiger partial charge is 0.266 e. The number of nitrogens with zero attached hydrogens (tertiary/aromatic N) is 2. The molecule has 0 aliphatic carbocycles. The highest BCUT2D eigenvalue weighted by atomic mass is 32.1. The van der Waals surface area contributed by atoms with E-state index in [0.29, 0.717) is 11.4 Å². The second-order valence-corrected chi connectivity index (χ2v) is 6.80. The van der Waals surface area contributed by atoms with Gasteiger partial charge in [0.2, 0.25) is 0 Å². The van der Waals surface area contributed by atoms with E-state index >= 15 is 0 Å². The van der Waals surface area contributed by atoms with Gasteiger partial charge < -0.3 is 5.32 Å². The van der Waals surface area contributed by atoms with Crippen molar-refractivity contribution in [2.24, 2.45) is 0 Å². The molecule has 118 valence electrons. The Labute approximate surface area is 147 Å². The highest BCUT2D eigenvalue weighted by Crippen LogP contribution is 2.28. The molecular weight excluding hydrogens is 338 g/mol. The fraction of sp³-hybridized carbons (Fsp3) is 0.0556. The van der Waals surface area contributed by atoms with Crippen LogP contribution in [0.5, 0.6) is 0 Å². The number of amides is 1. The molecular formula is C18H13N3OS2. The Morgan fingerprint density at radius 1 is 1.25 bits per heavy atom. The van der Waals surface area contributed by atoms with Crippen LogP contribution in [0.15, 0.2) is 52.7 Å². The van der Waals surface area contributed by atoms with E-state index in [9.17, 15) is 10.1 Å². The second kappa shape index (κ2) is 7.21. The van der Waals surface area contributed by atoms with Crippen molar-refractivity contribution in [3.8, 4) is 16.0 Å². The van der Waals surface area contributed by atoms with Gasteiger partial charge in [-0.2, -0.15) is 5.26 Å². The fourth-order valence-corrected chi connectivity index (χ4v) is 3.66. The molecule has 2 heterocycles. The molecule has 3 rings (SSSR count). The van der Waals surface area contributed by atoms with Gasteiger partial charge >= 0.3 is 0 Å². The topological polar surface area (TPSA) is 65.8 Å². The summed E-state index contributed by atoms with van der Waals surface area (Å²) in [5.41, 5.74) is 2.28. The van der Waals surface area contributed by atoms with Gasteiger partial charge in [-0.1, -0.05) is 24.3 Å². The molecule has 4 nitrogen and oxygen atoms in total. The normalized spacial score (nSPS) is 11.1. The van der Waals surface area contributed by atoms with Crippen molar-refractivity contribution in [3.63, 3.8) is 0 Å². The molecule has 2 aromatic heterocycles. The summed E-state index contributed by atoms with van der Waals surface area (Å²) >= 11 is 3.10. The summed E-state index contributed by atoms with van der Waals surface area (Å²) in [5, 5.41) is 16.8. The van der Waals surface area contributed by atoms with Gasteiger partial charge in [0, 0.05) is 11.1 Å². The Morgan fingerprint density at radius 3 is 2.79 bits per heavy atom. The first kappa shape index (κ1) is 16.1. The van der Waals surface area contributed by atoms with E-state index in [0.717, 1.165) is 15.4 Å². The molecule has 1 amide bonds. The quantitative estimate of drug-likeness (QED) is 0.546. The van der Waals surface area contributed by atoms with Crippen LogP contribution in [0.25, 0.3) is 16.0 Å². The van der Waals surface area contributed by atoms with Gasteiger partial charge in [-0.3, -0.25) is 4.79 Å². The number of carbonyl (C=O) groups excluding carboxylic acids is 1. The zero-order chi connectivity index (χ0) is 16.9. The van der Waals surface area contributed by atoms with Crippen molar-refractivity contribution in [1.29, 1.82) is 5.26 Å². The Bertz CT molecular complexity index is 933. The summed E-state index contributed by atoms with van der Waals surface area (Å²) < 4.78 is 0. The Hall–Kier alpha value is -2.75. The fourth-order valence-electron chi connectivity index (χ4n) is 2.07. The van der Waals surface area contributed by atoms with E-state index in [4.69, 9.17) is 0 Å². The number of hydrogen-bond acceptors (Lipinski definition) is 5. The van der Waals surface area contributed by atoms with Crippen molar-refractivity contribution >= 4 is 40.3 Å². The maximum atomic E-state index is 12.3. The van der Waals surface area contributed by atoms with E-state index in [1.807, 2.05) is 54.1 Å². The molecule has 24 heavy (non-hydrogen) atoms. The SMILES string of the molecule is Cc1ccccc1NC(=O)/C(C#N)=C\c1csc(-c2cccs2)n1. The third-order valence-corrected chi connectivity index (χ3v) is 5.20. The maximum Gasteiger partial charge on any atom is 0.266 e. The highest BCUT2D eigenvalue weighted by Gasteiger charge is 2.12. The van der Waals surface area contributed by atoms with Crippen molar-refractivity contribution in [1.82, 2.24) is 4.98 Å². The number of aryl methyl sites for hydroxylation is 1. The van der Waals surface area contributed by atoms with Crippen LogP contribution in [-0.4, -0.2) is 10.9 Å². The lowest BCUT2D eigenvalue weighted by Crippen LogP contribution is -2.14. The number of anilines is 1. The number of rotatable bonds is 4. The third kappa shape index (κ3) is 3.59. The van der Waals surface area contributed by atoms with Gasteiger partial charge in [0.15, 0.2) is 0 Å². The van der Waals surface area contributed by atoms with Crippen LogP contribution in [0, 0.1) is 18.3 Å². The molecule has 0 bridgehead atoms. The first-order chi connectivity index (χ1) is 11.7. The summed E-state index contributed by atoms with van der Waals surface area (Å²) in [5.74, 6) is -0.433. The van der Waals surface area contributed by atoms with E-state index in [1.165, 1.54) is 17.4 Å². The summed E-state index contributed by atoms with van der Waals surface area (Å²) in [6, 6.07) is 13.4. The Kier molecular flexibility index (Phi) is 4.85. The van der Waals surface area contributed by atoms with Crippen molar-refractivity contribution < 1.29 is 4.79 Å². The summed E-state index contributed by atoms with van der Waals surface area (Å²) in [7, 11) is 0. The minimum Gasteiger partial charge on any atom is -0.321 e. The molecule has 0 saturated heterocycles. The van der Waals surface area contributed by atoms with Crippen LogP contribution in [0.1, 0.15) is 11.3 Å². The van der Waals surface area contributed by atoms with Crippen LogP contribution in [0.3, 0.4) is 0 Å². The standard InChI is InChI=1S/C18H13N3OS2/c1-12-5-2-3-6-15(12)21-17(22)13(10-19)9-14-11-24-18(20-14)16-7-4-8-23-16/h2-9,11H,1H3,(H,21,22)/b13-9-. The first-order valence-electron chi connectivity index (χ1n) is 7.15. The van der Waals surface area contributed by atoms with Gasteiger partial charge in [-0.05, 0) is 36.1 Å². The molecule has 0 aliphatic rings. The average Bonchev–Trinajstić information content (AvgIpc) is 3.25. The van der Waals surface area contributed by atoms with Crippen molar-refractivity contribution in [3.05, 3.63) is 64.0 Å². The maximum absolute atomic E-state index is 12.3. The molecule has 0 radical (unpaired) electrons. The van der Waals surface area contributed by atoms with Crippen LogP contribution in [0.4, 0.5) is 5.69 Å². The second-order valence-electron chi connectivity index (χ2n) is 4.99. The van der Waals surface area contributed by atoms with Gasteiger partial charge in [-0.25, -0.2) is 4.98 Å². The lowest BCUT2D eigenvalue weighted by atomic mass is 10.2. The molecule has 3 aromatic rings. The molecule has 0 unspecified atom stereocenters. The number of carbonyl (C=O) groups is 1. The first-order valence-corrected chi connectivity index (χ1v) is 8.91. The van der Waals surface area contributed by atoms with E-state index < -0.39 is 5.91 Å². The largest absolute Gasteiger partial charge is 0.321 e. The number of thiophene rings is 1. The van der Waals surface area contributed by atoms with Crippen LogP contribution < -0.4 is 5.32 Å². The predicted molar refractivity (Wildman–Crippen MR) is 98.8 cm³/mol. The number of nitriles is 1. The van der Waals surface area contributed by atoms with Crippen LogP contribution in [0.2, 0.25) is 0 Å². The zero-order valence-corrected chi connectivity index (χ0v) is 14.4. The summed E-state index contributed by atoms with van der Waals surface area (Å²) in [4.78, 5) is 17.9. The lowest BCUT2D eigenvalue weighted by Gasteiger charge is -2.06. The summed E-state index contributed by atoms with van der Waals surface area (Å²) in [6.45, 7) is 1.90. The lowest BCUT2D eigenvalue weighted by molar-refractivity contribution is -0.112. The van der Waals surface area contributed by atoms with Gasteiger partial charge in [0.05, 0.1) is 10.6 Å². The Balaban J connectivity index is 1.81. The molecule has 0 spiro atoms. The van der Waals surface area contributed by atoms with Crippen LogP contribution >= 0.6 is 22.7 Å². The number of benzene rings is 1. The molecule has 0 saturated carbocycles. The summed E-state index contributed by atoms with van der Waals surface area (Å²) in [6.07, 6.45) is 1.52. The number of aromatic nitrogens is 1. The van der Waals surface area contributed by atoms with Gasteiger partial charge in [0.25, 0.3) is 5.91 Å². The minimum absolute atomic E-state index is 0.0290. The van der Waals surface area contributed by atoms with Gasteiger partial charge in [-0.15, -0.1) is 22.7 Å². The highest BCUT2D eigenvalue weighted by molar-refractivity contribution is 7.20. The van der Waals surface area contributed by atoms with Crippen molar-refractivity contribution in [2.75, 3.05) is 5.32 Å². The number of para-hydroxylation sites is 1. The molecule has 0 aliphatic heterocycles. The number of hydrogen-bond donors (Lipinski definition) is 1. The monoisotopic (exact) mass is 351 g/mol.